The molecule has 0 bridgehead atoms. The smallest absolute Gasteiger partial charge is 0.139 e. The van der Waals surface area contributed by atoms with E-state index >= 15 is 0 Å². The molecule has 2 aromatic heterocycles. The van der Waals surface area contributed by atoms with E-state index in [2.05, 4.69) is 64.0 Å². The van der Waals surface area contributed by atoms with E-state index in [0.29, 0.717) is 0 Å². The number of aryl methyl sites for hydroxylation is 1. The number of nitrogens with zero attached hydrogens (tertiary/aromatic N) is 2. The van der Waals surface area contributed by atoms with Gasteiger partial charge in [-0.2, -0.15) is 0 Å². The predicted molar refractivity (Wildman–Crippen MR) is 108 cm³/mol. The topological polar surface area (TPSA) is 47.0 Å². The van der Waals surface area contributed by atoms with Gasteiger partial charge in [0.15, 0.2) is 0 Å². The van der Waals surface area contributed by atoms with Gasteiger partial charge in [0.2, 0.25) is 0 Å². The average Bonchev–Trinajstić information content (AvgIpc) is 3.12. The van der Waals surface area contributed by atoms with Gasteiger partial charge >= 0.3 is 0 Å². The summed E-state index contributed by atoms with van der Waals surface area (Å²) in [5.74, 6) is 1.71. The number of ether oxygens (including phenoxy) is 1. The lowest BCUT2D eigenvalue weighted by molar-refractivity contribution is 0.415. The summed E-state index contributed by atoms with van der Waals surface area (Å²) in [7, 11) is 1.68. The molecule has 0 aliphatic heterocycles. The van der Waals surface area contributed by atoms with Gasteiger partial charge in [0, 0.05) is 17.5 Å². The Morgan fingerprint density at radius 3 is 2.50 bits per heavy atom. The molecule has 0 radical (unpaired) electrons. The van der Waals surface area contributed by atoms with Crippen LogP contribution in [0.2, 0.25) is 0 Å². The van der Waals surface area contributed by atoms with E-state index in [1.165, 1.54) is 11.1 Å². The van der Waals surface area contributed by atoms with Crippen molar-refractivity contribution in [3.8, 4) is 16.9 Å². The zero-order valence-electron chi connectivity index (χ0n) is 14.7. The van der Waals surface area contributed by atoms with Crippen LogP contribution in [0.3, 0.4) is 0 Å². The van der Waals surface area contributed by atoms with Gasteiger partial charge in [0.1, 0.15) is 22.7 Å². The Kier molecular flexibility index (Phi) is 4.54. The van der Waals surface area contributed by atoms with Crippen molar-refractivity contribution in [2.45, 2.75) is 13.5 Å². The molecule has 26 heavy (non-hydrogen) atoms. The van der Waals surface area contributed by atoms with Crippen LogP contribution in [0.25, 0.3) is 21.3 Å². The highest BCUT2D eigenvalue weighted by Crippen LogP contribution is 2.37. The summed E-state index contributed by atoms with van der Waals surface area (Å²) in [5, 5.41) is 6.67. The van der Waals surface area contributed by atoms with Crippen molar-refractivity contribution < 1.29 is 4.74 Å². The third-order valence-corrected chi connectivity index (χ3v) is 5.24. The molecule has 0 spiro atoms. The molecule has 0 aliphatic carbocycles. The van der Waals surface area contributed by atoms with E-state index in [-0.39, 0.29) is 0 Å². The largest absolute Gasteiger partial charge is 0.497 e. The fraction of sp³-hybridized carbons (Fsp3) is 0.143. The lowest BCUT2D eigenvalue weighted by Crippen LogP contribution is -2.02. The second-order valence-electron chi connectivity index (χ2n) is 6.12. The minimum absolute atomic E-state index is 0.726. The highest BCUT2D eigenvalue weighted by molar-refractivity contribution is 7.17. The van der Waals surface area contributed by atoms with Crippen LogP contribution in [0.5, 0.6) is 5.75 Å². The van der Waals surface area contributed by atoms with Crippen LogP contribution >= 0.6 is 11.3 Å². The summed E-state index contributed by atoms with van der Waals surface area (Å²) in [6.45, 7) is 2.82. The van der Waals surface area contributed by atoms with E-state index in [1.807, 2.05) is 12.1 Å². The zero-order valence-corrected chi connectivity index (χ0v) is 15.5. The maximum atomic E-state index is 5.26. The van der Waals surface area contributed by atoms with Gasteiger partial charge in [0.05, 0.1) is 12.5 Å². The molecule has 1 N–H and O–H groups in total. The summed E-state index contributed by atoms with van der Waals surface area (Å²) in [6, 6.07) is 16.6. The van der Waals surface area contributed by atoms with Crippen molar-refractivity contribution in [1.29, 1.82) is 0 Å². The monoisotopic (exact) mass is 361 g/mol. The number of fused-ring (bicyclic) bond motifs is 1. The Labute approximate surface area is 156 Å². The van der Waals surface area contributed by atoms with E-state index < -0.39 is 0 Å². The van der Waals surface area contributed by atoms with Crippen molar-refractivity contribution in [1.82, 2.24) is 9.97 Å². The molecule has 4 aromatic rings. The third-order valence-electron chi connectivity index (χ3n) is 4.35. The Bertz CT molecular complexity index is 1020. The number of benzene rings is 2. The lowest BCUT2D eigenvalue weighted by atomic mass is 10.1. The van der Waals surface area contributed by atoms with Crippen molar-refractivity contribution >= 4 is 27.4 Å². The number of hydrogen-bond acceptors (Lipinski definition) is 5. The summed E-state index contributed by atoms with van der Waals surface area (Å²) in [6.07, 6.45) is 1.62. The minimum Gasteiger partial charge on any atom is -0.497 e. The second kappa shape index (κ2) is 7.14. The van der Waals surface area contributed by atoms with Gasteiger partial charge < -0.3 is 10.1 Å². The van der Waals surface area contributed by atoms with E-state index in [0.717, 1.165) is 39.5 Å². The van der Waals surface area contributed by atoms with Crippen LogP contribution in [0, 0.1) is 6.92 Å². The average molecular weight is 361 g/mol. The number of methoxy groups -OCH3 is 1. The Morgan fingerprint density at radius 1 is 1.00 bits per heavy atom. The number of thiophene rings is 1. The van der Waals surface area contributed by atoms with Gasteiger partial charge in [0.25, 0.3) is 0 Å². The summed E-state index contributed by atoms with van der Waals surface area (Å²) in [4.78, 5) is 9.91. The first kappa shape index (κ1) is 16.5. The molecule has 0 fully saturated rings. The summed E-state index contributed by atoms with van der Waals surface area (Å²) in [5.41, 5.74) is 4.76. The number of anilines is 1. The van der Waals surface area contributed by atoms with Crippen molar-refractivity contribution in [2.24, 2.45) is 0 Å². The molecule has 2 aromatic carbocycles. The molecule has 4 nitrogen and oxygen atoms in total. The number of hydrogen-bond donors (Lipinski definition) is 1. The number of nitrogens with one attached hydrogen (secondary N) is 1. The van der Waals surface area contributed by atoms with E-state index in [1.54, 1.807) is 24.8 Å². The normalized spacial score (nSPS) is 10.8. The van der Waals surface area contributed by atoms with Crippen molar-refractivity contribution in [3.05, 3.63) is 71.4 Å². The maximum absolute atomic E-state index is 5.26. The quantitative estimate of drug-likeness (QED) is 0.525. The molecule has 0 saturated carbocycles. The minimum atomic E-state index is 0.726. The van der Waals surface area contributed by atoms with E-state index in [4.69, 9.17) is 4.74 Å². The molecular formula is C21H19N3OS. The molecule has 0 atom stereocenters. The Morgan fingerprint density at radius 2 is 1.77 bits per heavy atom. The fourth-order valence-electron chi connectivity index (χ4n) is 2.88. The highest BCUT2D eigenvalue weighted by Gasteiger charge is 2.13. The first-order valence-corrected chi connectivity index (χ1v) is 9.28. The SMILES string of the molecule is COc1ccc(-c2csc3ncnc(NCc4ccc(C)cc4)c23)cc1. The highest BCUT2D eigenvalue weighted by atomic mass is 32.1. The van der Waals surface area contributed by atoms with Crippen molar-refractivity contribution in [3.63, 3.8) is 0 Å². The van der Waals surface area contributed by atoms with Gasteiger partial charge in [-0.05, 0) is 30.2 Å². The Hall–Kier alpha value is -2.92. The second-order valence-corrected chi connectivity index (χ2v) is 6.98. The van der Waals surface area contributed by atoms with Crippen LogP contribution in [-0.2, 0) is 6.54 Å². The van der Waals surface area contributed by atoms with Crippen LogP contribution in [0.1, 0.15) is 11.1 Å². The maximum Gasteiger partial charge on any atom is 0.139 e. The van der Waals surface area contributed by atoms with Crippen LogP contribution in [-0.4, -0.2) is 17.1 Å². The first-order chi connectivity index (χ1) is 12.7. The van der Waals surface area contributed by atoms with Gasteiger partial charge in [-0.3, -0.25) is 0 Å². The van der Waals surface area contributed by atoms with Crippen LogP contribution in [0.15, 0.2) is 60.2 Å². The fourth-order valence-corrected chi connectivity index (χ4v) is 3.80. The molecule has 0 aliphatic rings. The van der Waals surface area contributed by atoms with Crippen LogP contribution < -0.4 is 10.1 Å². The molecule has 5 heteroatoms. The molecule has 4 rings (SSSR count). The van der Waals surface area contributed by atoms with Gasteiger partial charge in [-0.15, -0.1) is 11.3 Å². The lowest BCUT2D eigenvalue weighted by Gasteiger charge is -2.09. The van der Waals surface area contributed by atoms with Gasteiger partial charge in [-0.1, -0.05) is 42.0 Å². The predicted octanol–water partition coefficient (Wildman–Crippen LogP) is 5.29. The molecule has 0 saturated heterocycles. The summed E-state index contributed by atoms with van der Waals surface area (Å²) >= 11 is 1.63. The van der Waals surface area contributed by atoms with Crippen LogP contribution in [0.4, 0.5) is 5.82 Å². The van der Waals surface area contributed by atoms with Crippen molar-refractivity contribution in [2.75, 3.05) is 12.4 Å². The van der Waals surface area contributed by atoms with E-state index in [9.17, 15) is 0 Å². The summed E-state index contributed by atoms with van der Waals surface area (Å²) < 4.78 is 5.26. The standard InChI is InChI=1S/C21H19N3OS/c1-14-3-5-15(6-4-14)11-22-20-19-18(12-26-21(19)24-13-23-20)16-7-9-17(25-2)10-8-16/h3-10,12-13H,11H2,1-2H3,(H,22,23,24). The molecule has 0 amide bonds. The third kappa shape index (κ3) is 3.26. The zero-order chi connectivity index (χ0) is 17.9. The number of aromatic nitrogens is 2. The first-order valence-electron chi connectivity index (χ1n) is 8.40. The molecule has 0 unspecified atom stereocenters. The van der Waals surface area contributed by atoms with Gasteiger partial charge in [-0.25, -0.2) is 9.97 Å². The Balaban J connectivity index is 1.68. The molecular weight excluding hydrogens is 342 g/mol. The molecule has 2 heterocycles. The molecule has 130 valence electrons. The number of rotatable bonds is 5.